The number of Topliss-reactive ketones (excluding diaryl/α,β-unsaturated/α-hetero) is 1. The van der Waals surface area contributed by atoms with Gasteiger partial charge in [-0.15, -0.1) is 0 Å². The molecule has 0 aliphatic carbocycles. The summed E-state index contributed by atoms with van der Waals surface area (Å²) < 4.78 is 27.8. The molecule has 1 N–H and O–H groups in total. The van der Waals surface area contributed by atoms with Gasteiger partial charge in [0, 0.05) is 24.2 Å². The van der Waals surface area contributed by atoms with E-state index in [4.69, 9.17) is 23.7 Å². The predicted molar refractivity (Wildman–Crippen MR) is 148 cm³/mol. The van der Waals surface area contributed by atoms with Crippen molar-refractivity contribution in [2.75, 3.05) is 41.5 Å². The number of carbonyl (C=O) groups excluding carboxylic acids is 2. The number of aromatic hydroxyl groups is 1. The quantitative estimate of drug-likeness (QED) is 0.252. The number of esters is 1. The Morgan fingerprint density at radius 1 is 0.925 bits per heavy atom. The molecule has 3 aromatic carbocycles. The van der Waals surface area contributed by atoms with Crippen LogP contribution in [0.1, 0.15) is 50.8 Å². The smallest absolute Gasteiger partial charge is 0.341 e. The third-order valence-corrected chi connectivity index (χ3v) is 6.99. The van der Waals surface area contributed by atoms with Crippen LogP contribution in [0.15, 0.2) is 60.7 Å². The number of rotatable bonds is 12. The van der Waals surface area contributed by atoms with E-state index in [1.54, 1.807) is 21.3 Å². The molecule has 1 heterocycles. The maximum Gasteiger partial charge on any atom is 0.341 e. The number of ether oxygens (including phenoxy) is 5. The first kappa shape index (κ1) is 28.9. The molecule has 2 atom stereocenters. The maximum atomic E-state index is 13.3. The molecule has 1 aliphatic heterocycles. The second-order valence-corrected chi connectivity index (χ2v) is 9.55. The zero-order chi connectivity index (χ0) is 28.6. The van der Waals surface area contributed by atoms with Gasteiger partial charge in [-0.3, -0.25) is 9.69 Å². The van der Waals surface area contributed by atoms with Crippen LogP contribution in [0, 0.1) is 0 Å². The van der Waals surface area contributed by atoms with E-state index >= 15 is 0 Å². The van der Waals surface area contributed by atoms with Crippen LogP contribution in [0.3, 0.4) is 0 Å². The SMILES string of the molecule is COC(=O)c1cc(C(=O)CN(Cc2ccccc2)CC2CCC(c3ccc(OC)c(OC)c3OC)O2)ccc1O. The molecule has 212 valence electrons. The molecule has 0 spiro atoms. The van der Waals surface area contributed by atoms with Gasteiger partial charge in [0.2, 0.25) is 5.75 Å². The molecule has 1 aliphatic rings. The lowest BCUT2D eigenvalue weighted by atomic mass is 10.0. The van der Waals surface area contributed by atoms with Crippen LogP contribution in [0.2, 0.25) is 0 Å². The number of hydrogen-bond acceptors (Lipinski definition) is 9. The number of benzene rings is 3. The molecule has 2 unspecified atom stereocenters. The number of methoxy groups -OCH3 is 4. The number of ketones is 1. The molecule has 1 fully saturated rings. The first-order valence-electron chi connectivity index (χ1n) is 13.0. The summed E-state index contributed by atoms with van der Waals surface area (Å²) in [7, 11) is 5.97. The number of hydrogen-bond donors (Lipinski definition) is 1. The van der Waals surface area contributed by atoms with Crippen LogP contribution < -0.4 is 14.2 Å². The Hall–Kier alpha value is -4.08. The van der Waals surface area contributed by atoms with Gasteiger partial charge in [0.25, 0.3) is 0 Å². The van der Waals surface area contributed by atoms with Gasteiger partial charge in [0.1, 0.15) is 11.3 Å². The summed E-state index contributed by atoms with van der Waals surface area (Å²) in [6, 6.07) is 17.9. The third kappa shape index (κ3) is 6.55. The van der Waals surface area contributed by atoms with E-state index in [0.717, 1.165) is 24.0 Å². The van der Waals surface area contributed by atoms with E-state index in [0.29, 0.717) is 35.9 Å². The van der Waals surface area contributed by atoms with Gasteiger partial charge in [-0.1, -0.05) is 30.3 Å². The largest absolute Gasteiger partial charge is 0.507 e. The van der Waals surface area contributed by atoms with Gasteiger partial charge in [0.15, 0.2) is 17.3 Å². The minimum Gasteiger partial charge on any atom is -0.507 e. The van der Waals surface area contributed by atoms with E-state index in [9.17, 15) is 14.7 Å². The zero-order valence-corrected chi connectivity index (χ0v) is 23.2. The second-order valence-electron chi connectivity index (χ2n) is 9.55. The normalized spacial score (nSPS) is 16.5. The van der Waals surface area contributed by atoms with Crippen molar-refractivity contribution in [3.05, 3.63) is 82.9 Å². The highest BCUT2D eigenvalue weighted by molar-refractivity contribution is 6.01. The minimum absolute atomic E-state index is 0.0474. The molecule has 1 saturated heterocycles. The summed E-state index contributed by atoms with van der Waals surface area (Å²) in [5.41, 5.74) is 2.21. The highest BCUT2D eigenvalue weighted by Gasteiger charge is 2.32. The van der Waals surface area contributed by atoms with Crippen molar-refractivity contribution in [2.45, 2.75) is 31.6 Å². The fourth-order valence-electron chi connectivity index (χ4n) is 5.04. The van der Waals surface area contributed by atoms with Crippen LogP contribution in [0.5, 0.6) is 23.0 Å². The molecular formula is C31H35NO8. The number of phenolic OH excluding ortho intramolecular Hbond substituents is 1. The summed E-state index contributed by atoms with van der Waals surface area (Å²) in [6.07, 6.45) is 1.26. The summed E-state index contributed by atoms with van der Waals surface area (Å²) in [5.74, 6) is 0.556. The molecule has 0 radical (unpaired) electrons. The van der Waals surface area contributed by atoms with Crippen molar-refractivity contribution < 1.29 is 38.4 Å². The molecule has 3 aromatic rings. The van der Waals surface area contributed by atoms with E-state index < -0.39 is 5.97 Å². The van der Waals surface area contributed by atoms with Crippen LogP contribution in [-0.2, 0) is 16.0 Å². The van der Waals surface area contributed by atoms with E-state index in [2.05, 4.69) is 0 Å². The van der Waals surface area contributed by atoms with Gasteiger partial charge in [-0.25, -0.2) is 4.79 Å². The third-order valence-electron chi connectivity index (χ3n) is 6.99. The zero-order valence-electron chi connectivity index (χ0n) is 23.2. The molecule has 9 heteroatoms. The van der Waals surface area contributed by atoms with Gasteiger partial charge in [0.05, 0.1) is 47.2 Å². The fraction of sp³-hybridized carbons (Fsp3) is 0.355. The lowest BCUT2D eigenvalue weighted by molar-refractivity contribution is 0.0198. The van der Waals surface area contributed by atoms with Crippen LogP contribution in [-0.4, -0.2) is 69.4 Å². The molecule has 9 nitrogen and oxygen atoms in total. The Balaban J connectivity index is 1.52. The first-order chi connectivity index (χ1) is 19.4. The highest BCUT2D eigenvalue weighted by Crippen LogP contribution is 2.46. The summed E-state index contributed by atoms with van der Waals surface area (Å²) in [4.78, 5) is 27.4. The van der Waals surface area contributed by atoms with Crippen molar-refractivity contribution in [1.29, 1.82) is 0 Å². The number of nitrogens with zero attached hydrogens (tertiary/aromatic N) is 1. The lowest BCUT2D eigenvalue weighted by Crippen LogP contribution is -2.36. The summed E-state index contributed by atoms with van der Waals surface area (Å²) >= 11 is 0. The van der Waals surface area contributed by atoms with Crippen LogP contribution in [0.25, 0.3) is 0 Å². The standard InChI is InChI=1S/C31H35NO8/c1-36-28-15-12-23(29(37-2)30(28)38-3)27-14-11-22(40-27)18-32(17-20-8-6-5-7-9-20)19-26(34)21-10-13-25(33)24(16-21)31(35)39-4/h5-10,12-13,15-16,22,27,33H,11,14,17-19H2,1-4H3. The Morgan fingerprint density at radius 2 is 1.68 bits per heavy atom. The molecule has 0 aromatic heterocycles. The molecule has 40 heavy (non-hydrogen) atoms. The maximum absolute atomic E-state index is 13.3. The van der Waals surface area contributed by atoms with Crippen LogP contribution >= 0.6 is 0 Å². The highest BCUT2D eigenvalue weighted by atomic mass is 16.5. The fourth-order valence-corrected chi connectivity index (χ4v) is 5.04. The first-order valence-corrected chi connectivity index (χ1v) is 13.0. The second kappa shape index (κ2) is 13.3. The Bertz CT molecular complexity index is 1330. The van der Waals surface area contributed by atoms with Crippen molar-refractivity contribution in [3.8, 4) is 23.0 Å². The van der Waals surface area contributed by atoms with Gasteiger partial charge in [-0.05, 0) is 48.7 Å². The Morgan fingerprint density at radius 3 is 2.35 bits per heavy atom. The molecule has 0 saturated carbocycles. The summed E-state index contributed by atoms with van der Waals surface area (Å²) in [6.45, 7) is 1.16. The predicted octanol–water partition coefficient (Wildman–Crippen LogP) is 4.81. The summed E-state index contributed by atoms with van der Waals surface area (Å²) in [5, 5.41) is 10.0. The minimum atomic E-state index is -0.704. The molecule has 0 amide bonds. The number of phenols is 1. The molecule has 0 bridgehead atoms. The van der Waals surface area contributed by atoms with E-state index in [1.807, 2.05) is 47.4 Å². The molecular weight excluding hydrogens is 514 g/mol. The Kier molecular flexibility index (Phi) is 9.63. The van der Waals surface area contributed by atoms with Gasteiger partial charge >= 0.3 is 5.97 Å². The van der Waals surface area contributed by atoms with Gasteiger partial charge in [-0.2, -0.15) is 0 Å². The monoisotopic (exact) mass is 549 g/mol. The van der Waals surface area contributed by atoms with Gasteiger partial charge < -0.3 is 28.8 Å². The van der Waals surface area contributed by atoms with Crippen molar-refractivity contribution in [3.63, 3.8) is 0 Å². The van der Waals surface area contributed by atoms with E-state index in [1.165, 1.54) is 25.3 Å². The molecule has 4 rings (SSSR count). The van der Waals surface area contributed by atoms with Crippen molar-refractivity contribution in [1.82, 2.24) is 4.90 Å². The Labute approximate surface area is 234 Å². The topological polar surface area (TPSA) is 104 Å². The van der Waals surface area contributed by atoms with E-state index in [-0.39, 0.29) is 35.8 Å². The average Bonchev–Trinajstić information content (AvgIpc) is 3.44. The average molecular weight is 550 g/mol. The van der Waals surface area contributed by atoms with Crippen molar-refractivity contribution >= 4 is 11.8 Å². The number of carbonyl (C=O) groups is 2. The van der Waals surface area contributed by atoms with Crippen molar-refractivity contribution in [2.24, 2.45) is 0 Å². The van der Waals surface area contributed by atoms with Crippen LogP contribution in [0.4, 0.5) is 0 Å². The lowest BCUT2D eigenvalue weighted by Gasteiger charge is -2.26.